The summed E-state index contributed by atoms with van der Waals surface area (Å²) < 4.78 is 5.60. The van der Waals surface area contributed by atoms with Crippen LogP contribution in [0.4, 0.5) is 23.1 Å². The summed E-state index contributed by atoms with van der Waals surface area (Å²) in [5.74, 6) is 3.20. The maximum absolute atomic E-state index is 7.32. The lowest BCUT2D eigenvalue weighted by molar-refractivity contribution is 0.331. The van der Waals surface area contributed by atoms with Crippen LogP contribution in [-0.2, 0) is 0 Å². The van der Waals surface area contributed by atoms with Crippen molar-refractivity contribution in [1.29, 1.82) is 0 Å². The fourth-order valence-electron chi connectivity index (χ4n) is 2.65. The van der Waals surface area contributed by atoms with Crippen molar-refractivity contribution < 1.29 is 4.74 Å². The molecule has 27 heavy (non-hydrogen) atoms. The lowest BCUT2D eigenvalue weighted by atomic mass is 10.3. The lowest BCUT2D eigenvalue weighted by Gasteiger charge is -2.11. The minimum absolute atomic E-state index is 0.437. The molecule has 0 unspecified atom stereocenters. The fourth-order valence-corrected chi connectivity index (χ4v) is 2.65. The van der Waals surface area contributed by atoms with Crippen LogP contribution in [0.25, 0.3) is 4.85 Å². The number of hydrogen-bond donors (Lipinski definition) is 3. The van der Waals surface area contributed by atoms with E-state index >= 15 is 0 Å². The van der Waals surface area contributed by atoms with Gasteiger partial charge in [-0.15, -0.1) is 0 Å². The van der Waals surface area contributed by atoms with Crippen LogP contribution >= 0.6 is 0 Å². The highest BCUT2D eigenvalue weighted by Gasteiger charge is 2.25. The molecule has 0 aliphatic heterocycles. The molecule has 1 aliphatic rings. The number of pyridine rings is 2. The van der Waals surface area contributed by atoms with Crippen molar-refractivity contribution in [3.05, 3.63) is 59.8 Å². The Kier molecular flexibility index (Phi) is 4.83. The Morgan fingerprint density at radius 3 is 2.96 bits per heavy atom. The topological polar surface area (TPSA) is 92.1 Å². The van der Waals surface area contributed by atoms with Gasteiger partial charge in [-0.3, -0.25) is 10.1 Å². The molecule has 3 heterocycles. The van der Waals surface area contributed by atoms with Crippen LogP contribution in [0, 0.1) is 6.57 Å². The third-order valence-corrected chi connectivity index (χ3v) is 4.16. The summed E-state index contributed by atoms with van der Waals surface area (Å²) in [6.45, 7) is 8.27. The highest BCUT2D eigenvalue weighted by molar-refractivity contribution is 5.69. The van der Waals surface area contributed by atoms with Gasteiger partial charge < -0.3 is 15.4 Å². The van der Waals surface area contributed by atoms with Crippen molar-refractivity contribution in [3.8, 4) is 5.75 Å². The van der Waals surface area contributed by atoms with Gasteiger partial charge in [0, 0.05) is 30.4 Å². The second-order valence-electron chi connectivity index (χ2n) is 6.25. The summed E-state index contributed by atoms with van der Waals surface area (Å²) in [5.41, 5.74) is 1.61. The molecule has 1 fully saturated rings. The molecule has 8 nitrogen and oxygen atoms in total. The summed E-state index contributed by atoms with van der Waals surface area (Å²) in [6, 6.07) is 9.19. The summed E-state index contributed by atoms with van der Waals surface area (Å²) in [6.07, 6.45) is 5.79. The van der Waals surface area contributed by atoms with E-state index in [9.17, 15) is 0 Å². The summed E-state index contributed by atoms with van der Waals surface area (Å²) in [5, 5.41) is 13.7. The van der Waals surface area contributed by atoms with Crippen molar-refractivity contribution in [3.63, 3.8) is 0 Å². The molecule has 0 amide bonds. The van der Waals surface area contributed by atoms with E-state index in [1.807, 2.05) is 18.2 Å². The molecule has 0 aromatic carbocycles. The zero-order valence-corrected chi connectivity index (χ0v) is 14.6. The number of nitrogens with one attached hydrogen (secondary N) is 3. The number of ether oxygens (including phenoxy) is 1. The van der Waals surface area contributed by atoms with Gasteiger partial charge in [-0.2, -0.15) is 5.10 Å². The van der Waals surface area contributed by atoms with Crippen LogP contribution in [0.1, 0.15) is 24.5 Å². The first-order valence-corrected chi connectivity index (χ1v) is 8.79. The van der Waals surface area contributed by atoms with E-state index in [0.29, 0.717) is 42.1 Å². The summed E-state index contributed by atoms with van der Waals surface area (Å²) in [4.78, 5) is 12.0. The van der Waals surface area contributed by atoms with E-state index in [0.717, 1.165) is 11.5 Å². The summed E-state index contributed by atoms with van der Waals surface area (Å²) >= 11 is 0. The third kappa shape index (κ3) is 4.33. The van der Waals surface area contributed by atoms with Crippen molar-refractivity contribution in [2.45, 2.75) is 18.8 Å². The van der Waals surface area contributed by atoms with E-state index in [2.05, 4.69) is 35.6 Å². The van der Waals surface area contributed by atoms with Gasteiger partial charge >= 0.3 is 0 Å². The Morgan fingerprint density at radius 1 is 1.26 bits per heavy atom. The molecule has 0 spiro atoms. The number of rotatable bonds is 8. The number of aromatic amines is 1. The number of anilines is 3. The van der Waals surface area contributed by atoms with Crippen LogP contribution in [0.5, 0.6) is 5.75 Å². The Labute approximate surface area is 156 Å². The van der Waals surface area contributed by atoms with Gasteiger partial charge in [-0.05, 0) is 37.1 Å². The Morgan fingerprint density at radius 2 is 2.19 bits per heavy atom. The first-order valence-electron chi connectivity index (χ1n) is 8.79. The molecule has 0 bridgehead atoms. The molecule has 0 saturated heterocycles. The number of H-pyrrole nitrogens is 1. The molecular formula is C19H19N7O. The van der Waals surface area contributed by atoms with Gasteiger partial charge in [-0.1, -0.05) is 0 Å². The highest BCUT2D eigenvalue weighted by atomic mass is 16.5. The van der Waals surface area contributed by atoms with Gasteiger partial charge in [0.1, 0.15) is 24.0 Å². The zero-order chi connectivity index (χ0) is 18.5. The normalized spacial score (nSPS) is 13.0. The van der Waals surface area contributed by atoms with E-state index in [-0.39, 0.29) is 0 Å². The van der Waals surface area contributed by atoms with E-state index in [4.69, 9.17) is 11.3 Å². The fraction of sp³-hybridized carbons (Fsp3) is 0.263. The molecule has 0 radical (unpaired) electrons. The molecule has 3 aromatic rings. The molecule has 3 aromatic heterocycles. The molecule has 4 rings (SSSR count). The van der Waals surface area contributed by atoms with Crippen molar-refractivity contribution in [1.82, 2.24) is 20.2 Å². The minimum atomic E-state index is 0.437. The summed E-state index contributed by atoms with van der Waals surface area (Å²) in [7, 11) is 0. The zero-order valence-electron chi connectivity index (χ0n) is 14.6. The van der Waals surface area contributed by atoms with Crippen molar-refractivity contribution >= 4 is 23.1 Å². The van der Waals surface area contributed by atoms with E-state index in [1.54, 1.807) is 24.5 Å². The van der Waals surface area contributed by atoms with Gasteiger partial charge in [0.15, 0.2) is 5.82 Å². The SMILES string of the molecule is [C-]#[N+]c1ccc(Nc2cc(C3CC3)[nH]n2)nc1NCCOc1cccnc1. The van der Waals surface area contributed by atoms with Gasteiger partial charge in [0.2, 0.25) is 5.69 Å². The Bertz CT molecular complexity index is 944. The number of aromatic nitrogens is 4. The molecule has 8 heteroatoms. The van der Waals surface area contributed by atoms with Crippen LogP contribution in [0.15, 0.2) is 42.7 Å². The Hall–Kier alpha value is -3.60. The first-order chi connectivity index (χ1) is 13.3. The van der Waals surface area contributed by atoms with E-state index in [1.165, 1.54) is 12.8 Å². The van der Waals surface area contributed by atoms with Crippen LogP contribution in [0.3, 0.4) is 0 Å². The number of nitrogens with zero attached hydrogens (tertiary/aromatic N) is 4. The lowest BCUT2D eigenvalue weighted by Crippen LogP contribution is -2.12. The van der Waals surface area contributed by atoms with Crippen LogP contribution < -0.4 is 15.4 Å². The average Bonchev–Trinajstić information content (AvgIpc) is 3.46. The second-order valence-corrected chi connectivity index (χ2v) is 6.25. The smallest absolute Gasteiger partial charge is 0.228 e. The third-order valence-electron chi connectivity index (χ3n) is 4.16. The molecule has 3 N–H and O–H groups in total. The van der Waals surface area contributed by atoms with Crippen molar-refractivity contribution in [2.75, 3.05) is 23.8 Å². The van der Waals surface area contributed by atoms with E-state index < -0.39 is 0 Å². The van der Waals surface area contributed by atoms with Gasteiger partial charge in [-0.25, -0.2) is 9.83 Å². The predicted molar refractivity (Wildman–Crippen MR) is 103 cm³/mol. The predicted octanol–water partition coefficient (Wildman–Crippen LogP) is 3.86. The largest absolute Gasteiger partial charge is 0.490 e. The monoisotopic (exact) mass is 361 g/mol. The number of hydrogen-bond acceptors (Lipinski definition) is 6. The highest BCUT2D eigenvalue weighted by Crippen LogP contribution is 2.39. The average molecular weight is 361 g/mol. The van der Waals surface area contributed by atoms with Gasteiger partial charge in [0.05, 0.1) is 12.8 Å². The van der Waals surface area contributed by atoms with Crippen molar-refractivity contribution in [2.24, 2.45) is 0 Å². The minimum Gasteiger partial charge on any atom is -0.490 e. The quantitative estimate of drug-likeness (QED) is 0.417. The molecule has 136 valence electrons. The standard InChI is InChI=1S/C19H19N7O/c1-20-15-6-7-17(23-18-11-16(25-26-18)13-4-5-13)24-19(15)22-9-10-27-14-3-2-8-21-12-14/h2-3,6-8,11-13H,4-5,9-10H2,(H3,22,23,24,25,26). The molecular weight excluding hydrogens is 342 g/mol. The molecule has 1 aliphatic carbocycles. The van der Waals surface area contributed by atoms with Crippen LogP contribution in [-0.4, -0.2) is 33.3 Å². The second kappa shape index (κ2) is 7.74. The Balaban J connectivity index is 1.37. The van der Waals surface area contributed by atoms with Gasteiger partial charge in [0.25, 0.3) is 0 Å². The maximum atomic E-state index is 7.32. The maximum Gasteiger partial charge on any atom is 0.228 e. The molecule has 1 saturated carbocycles. The molecule has 0 atom stereocenters. The first kappa shape index (κ1) is 16.8. The van der Waals surface area contributed by atoms with Crippen LogP contribution in [0.2, 0.25) is 0 Å².